The molecule has 0 aromatic carbocycles. The predicted molar refractivity (Wildman–Crippen MR) is 49.3 cm³/mol. The maximum absolute atomic E-state index is 12.5. The predicted octanol–water partition coefficient (Wildman–Crippen LogP) is 1.55. The number of nitrogens with two attached hydrogens (primary N) is 1. The van der Waals surface area contributed by atoms with Gasteiger partial charge in [0.2, 0.25) is 0 Å². The molecule has 12 heavy (non-hydrogen) atoms. The van der Waals surface area contributed by atoms with Crippen LogP contribution < -0.4 is 5.73 Å². The third-order valence-electron chi connectivity index (χ3n) is 1.16. The highest BCUT2D eigenvalue weighted by atomic mass is 79.9. The van der Waals surface area contributed by atoms with Gasteiger partial charge in [-0.2, -0.15) is 0 Å². The zero-order valence-corrected chi connectivity index (χ0v) is 7.73. The van der Waals surface area contributed by atoms with Crippen LogP contribution in [-0.2, 0) is 0 Å². The molecule has 2 nitrogen and oxygen atoms in total. The molecule has 0 aliphatic heterocycles. The summed E-state index contributed by atoms with van der Waals surface area (Å²) < 4.78 is 12.5. The van der Waals surface area contributed by atoms with E-state index in [9.17, 15) is 4.39 Å². The molecule has 0 saturated carbocycles. The summed E-state index contributed by atoms with van der Waals surface area (Å²) in [4.78, 5) is 3.72. The number of nitrogen functional groups attached to an aromatic ring is 1. The second kappa shape index (κ2) is 4.07. The van der Waals surface area contributed by atoms with Gasteiger partial charge in [0.25, 0.3) is 0 Å². The Labute approximate surface area is 78.1 Å². The van der Waals surface area contributed by atoms with Crippen LogP contribution in [0, 0.1) is 17.7 Å². The van der Waals surface area contributed by atoms with Crippen molar-refractivity contribution in [2.45, 2.75) is 0 Å². The van der Waals surface area contributed by atoms with E-state index in [0.29, 0.717) is 11.0 Å². The largest absolute Gasteiger partial charge is 0.396 e. The average molecular weight is 229 g/mol. The lowest BCUT2D eigenvalue weighted by Gasteiger charge is -1.95. The highest BCUT2D eigenvalue weighted by Gasteiger charge is 1.97. The van der Waals surface area contributed by atoms with E-state index in [1.165, 1.54) is 6.07 Å². The molecule has 0 amide bonds. The van der Waals surface area contributed by atoms with E-state index in [1.807, 2.05) is 0 Å². The molecule has 0 saturated heterocycles. The number of aromatic nitrogens is 1. The first-order valence-electron chi connectivity index (χ1n) is 3.20. The summed E-state index contributed by atoms with van der Waals surface area (Å²) in [5, 5.41) is 0.547. The zero-order chi connectivity index (χ0) is 8.97. The Morgan fingerprint density at radius 2 is 2.42 bits per heavy atom. The van der Waals surface area contributed by atoms with Crippen molar-refractivity contribution in [3.63, 3.8) is 0 Å². The van der Waals surface area contributed by atoms with Crippen molar-refractivity contribution in [2.24, 2.45) is 0 Å². The van der Waals surface area contributed by atoms with Crippen molar-refractivity contribution in [1.29, 1.82) is 0 Å². The van der Waals surface area contributed by atoms with Gasteiger partial charge in [-0.15, -0.1) is 0 Å². The summed E-state index contributed by atoms with van der Waals surface area (Å²) in [6.45, 7) is 0. The van der Waals surface area contributed by atoms with Crippen molar-refractivity contribution in [1.82, 2.24) is 4.98 Å². The number of rotatable bonds is 0. The van der Waals surface area contributed by atoms with Gasteiger partial charge in [-0.25, -0.2) is 9.37 Å². The first-order chi connectivity index (χ1) is 5.74. The van der Waals surface area contributed by atoms with Gasteiger partial charge >= 0.3 is 0 Å². The van der Waals surface area contributed by atoms with Crippen LogP contribution in [0.25, 0.3) is 0 Å². The minimum Gasteiger partial charge on any atom is -0.396 e. The van der Waals surface area contributed by atoms with E-state index in [1.54, 1.807) is 0 Å². The van der Waals surface area contributed by atoms with E-state index < -0.39 is 5.82 Å². The fourth-order valence-electron chi connectivity index (χ4n) is 0.677. The Morgan fingerprint density at radius 1 is 1.67 bits per heavy atom. The van der Waals surface area contributed by atoms with Gasteiger partial charge < -0.3 is 5.73 Å². The SMILES string of the molecule is Nc1cc(F)cnc1C#CCBr. The minimum absolute atomic E-state index is 0.267. The molecule has 4 heteroatoms. The van der Waals surface area contributed by atoms with E-state index in [4.69, 9.17) is 5.73 Å². The molecule has 1 aromatic heterocycles. The lowest BCUT2D eigenvalue weighted by Crippen LogP contribution is -1.94. The maximum atomic E-state index is 12.5. The van der Waals surface area contributed by atoms with Crippen molar-refractivity contribution in [2.75, 3.05) is 11.1 Å². The standard InChI is InChI=1S/C8H6BrFN2/c9-3-1-2-8-7(11)4-6(10)5-12-8/h4-5H,3,11H2. The topological polar surface area (TPSA) is 38.9 Å². The smallest absolute Gasteiger partial charge is 0.143 e. The molecule has 0 bridgehead atoms. The Balaban J connectivity index is 3.01. The Bertz CT molecular complexity index is 341. The van der Waals surface area contributed by atoms with E-state index in [-0.39, 0.29) is 5.69 Å². The summed E-state index contributed by atoms with van der Waals surface area (Å²) >= 11 is 3.13. The summed E-state index contributed by atoms with van der Waals surface area (Å²) in [5.74, 6) is 4.97. The molecule has 2 N–H and O–H groups in total. The zero-order valence-electron chi connectivity index (χ0n) is 6.14. The molecular formula is C8H6BrFN2. The van der Waals surface area contributed by atoms with Gasteiger partial charge in [-0.1, -0.05) is 21.9 Å². The third-order valence-corrected chi connectivity index (χ3v) is 1.44. The maximum Gasteiger partial charge on any atom is 0.143 e. The molecule has 1 aromatic rings. The first kappa shape index (κ1) is 9.01. The molecule has 1 heterocycles. The second-order valence-corrected chi connectivity index (χ2v) is 2.59. The molecule has 0 fully saturated rings. The van der Waals surface area contributed by atoms with Gasteiger partial charge in [0.1, 0.15) is 11.5 Å². The van der Waals surface area contributed by atoms with Crippen LogP contribution in [0.2, 0.25) is 0 Å². The molecule has 1 rings (SSSR count). The molecule has 0 spiro atoms. The molecule has 0 radical (unpaired) electrons. The lowest BCUT2D eigenvalue weighted by molar-refractivity contribution is 0.622. The lowest BCUT2D eigenvalue weighted by atomic mass is 10.3. The fourth-order valence-corrected chi connectivity index (χ4v) is 0.817. The van der Waals surface area contributed by atoms with Crippen LogP contribution in [0.1, 0.15) is 5.69 Å². The van der Waals surface area contributed by atoms with E-state index >= 15 is 0 Å². The van der Waals surface area contributed by atoms with Crippen molar-refractivity contribution >= 4 is 21.6 Å². The third kappa shape index (κ3) is 2.21. The van der Waals surface area contributed by atoms with Crippen LogP contribution in [0.5, 0.6) is 0 Å². The van der Waals surface area contributed by atoms with Gasteiger partial charge in [0, 0.05) is 6.07 Å². The summed E-state index contributed by atoms with van der Waals surface area (Å²) in [6.07, 6.45) is 1.09. The Morgan fingerprint density at radius 3 is 3.00 bits per heavy atom. The van der Waals surface area contributed by atoms with Crippen molar-refractivity contribution in [3.05, 3.63) is 23.8 Å². The number of pyridine rings is 1. The molecule has 0 atom stereocenters. The summed E-state index contributed by atoms with van der Waals surface area (Å²) in [6, 6.07) is 1.20. The van der Waals surface area contributed by atoms with Crippen LogP contribution in [-0.4, -0.2) is 10.3 Å². The van der Waals surface area contributed by atoms with Crippen molar-refractivity contribution in [3.8, 4) is 11.8 Å². The second-order valence-electron chi connectivity index (χ2n) is 2.03. The number of alkyl halides is 1. The number of hydrogen-bond acceptors (Lipinski definition) is 2. The molecular weight excluding hydrogens is 223 g/mol. The highest BCUT2D eigenvalue weighted by molar-refractivity contribution is 9.09. The van der Waals surface area contributed by atoms with E-state index in [2.05, 4.69) is 32.8 Å². The number of nitrogens with zero attached hydrogens (tertiary/aromatic N) is 1. The normalized spacial score (nSPS) is 8.83. The monoisotopic (exact) mass is 228 g/mol. The van der Waals surface area contributed by atoms with Gasteiger partial charge in [-0.05, 0) is 5.92 Å². The van der Waals surface area contributed by atoms with Crippen molar-refractivity contribution < 1.29 is 4.39 Å². The number of halogens is 2. The molecule has 0 aliphatic rings. The Kier molecular flexibility index (Phi) is 3.06. The van der Waals surface area contributed by atoms with Gasteiger partial charge in [-0.3, -0.25) is 0 Å². The average Bonchev–Trinajstić information content (AvgIpc) is 2.03. The van der Waals surface area contributed by atoms with Crippen LogP contribution >= 0.6 is 15.9 Å². The minimum atomic E-state index is -0.447. The molecule has 0 unspecified atom stereocenters. The molecule has 0 aliphatic carbocycles. The van der Waals surface area contributed by atoms with Crippen LogP contribution in [0.4, 0.5) is 10.1 Å². The van der Waals surface area contributed by atoms with Gasteiger partial charge in [0.15, 0.2) is 0 Å². The summed E-state index contributed by atoms with van der Waals surface area (Å²) in [7, 11) is 0. The fraction of sp³-hybridized carbons (Fsp3) is 0.125. The Hall–Kier alpha value is -1.08. The number of hydrogen-bond donors (Lipinski definition) is 1. The van der Waals surface area contributed by atoms with E-state index in [0.717, 1.165) is 6.20 Å². The quantitative estimate of drug-likeness (QED) is 0.541. The number of anilines is 1. The summed E-state index contributed by atoms with van der Waals surface area (Å²) in [5.41, 5.74) is 6.12. The highest BCUT2D eigenvalue weighted by Crippen LogP contribution is 2.07. The van der Waals surface area contributed by atoms with Crippen LogP contribution in [0.3, 0.4) is 0 Å². The molecule has 62 valence electrons. The van der Waals surface area contributed by atoms with Crippen LogP contribution in [0.15, 0.2) is 12.3 Å². The first-order valence-corrected chi connectivity index (χ1v) is 4.32. The van der Waals surface area contributed by atoms with Gasteiger partial charge in [0.05, 0.1) is 17.2 Å².